The fourth-order valence-electron chi connectivity index (χ4n) is 2.33. The molecule has 0 radical (unpaired) electrons. The second-order valence-corrected chi connectivity index (χ2v) is 6.92. The van der Waals surface area contributed by atoms with Crippen LogP contribution in [0.4, 0.5) is 5.82 Å². The fraction of sp³-hybridized carbons (Fsp3) is 0.235. The largest absolute Gasteiger partial charge is 0.305 e. The van der Waals surface area contributed by atoms with Crippen molar-refractivity contribution >= 4 is 35.1 Å². The van der Waals surface area contributed by atoms with Crippen LogP contribution in [-0.2, 0) is 17.0 Å². The summed E-state index contributed by atoms with van der Waals surface area (Å²) in [6.45, 7) is 3.81. The first-order valence-corrected chi connectivity index (χ1v) is 8.61. The first-order valence-electron chi connectivity index (χ1n) is 7.24. The molecule has 0 atom stereocenters. The van der Waals surface area contributed by atoms with Gasteiger partial charge in [0.15, 0.2) is 5.82 Å². The van der Waals surface area contributed by atoms with Crippen LogP contribution in [0.15, 0.2) is 46.5 Å². The van der Waals surface area contributed by atoms with E-state index in [2.05, 4.69) is 15.5 Å². The summed E-state index contributed by atoms with van der Waals surface area (Å²) in [6.07, 6.45) is 0.708. The first kappa shape index (κ1) is 16.0. The van der Waals surface area contributed by atoms with Crippen LogP contribution in [0.5, 0.6) is 0 Å². The number of aromatic nitrogens is 2. The van der Waals surface area contributed by atoms with Crippen molar-refractivity contribution in [1.82, 2.24) is 10.2 Å². The summed E-state index contributed by atoms with van der Waals surface area (Å²) in [5.74, 6) is 1.17. The molecule has 4 nitrogen and oxygen atoms in total. The maximum absolute atomic E-state index is 12.0. The number of thioether (sulfide) groups is 1. The van der Waals surface area contributed by atoms with E-state index in [0.29, 0.717) is 12.2 Å². The summed E-state index contributed by atoms with van der Waals surface area (Å²) in [7, 11) is 0. The highest BCUT2D eigenvalue weighted by atomic mass is 35.5. The van der Waals surface area contributed by atoms with Gasteiger partial charge in [0, 0.05) is 16.3 Å². The van der Waals surface area contributed by atoms with Crippen molar-refractivity contribution in [2.24, 2.45) is 0 Å². The molecule has 2 bridgehead atoms. The molecule has 0 fully saturated rings. The van der Waals surface area contributed by atoms with Crippen molar-refractivity contribution in [2.45, 2.75) is 31.0 Å². The first-order chi connectivity index (χ1) is 11.0. The Hall–Kier alpha value is -1.85. The molecule has 1 aromatic carbocycles. The molecule has 0 saturated heterocycles. The highest BCUT2D eigenvalue weighted by Gasteiger charge is 2.17. The third-order valence-electron chi connectivity index (χ3n) is 3.78. The van der Waals surface area contributed by atoms with Crippen molar-refractivity contribution < 1.29 is 4.79 Å². The third kappa shape index (κ3) is 3.74. The zero-order valence-corrected chi connectivity index (χ0v) is 14.5. The van der Waals surface area contributed by atoms with Gasteiger partial charge in [-0.25, -0.2) is 0 Å². The zero-order chi connectivity index (χ0) is 16.4. The number of hydrogen-bond donors (Lipinski definition) is 1. The Morgan fingerprint density at radius 2 is 2.09 bits per heavy atom. The summed E-state index contributed by atoms with van der Waals surface area (Å²) in [6, 6.07) is 9.70. The predicted octanol–water partition coefficient (Wildman–Crippen LogP) is 4.25. The molecular formula is C17H16ClN3OS. The molecule has 1 N–H and O–H groups in total. The number of halogens is 1. The number of carbonyl (C=O) groups is 1. The minimum Gasteiger partial charge on any atom is -0.305 e. The molecule has 23 heavy (non-hydrogen) atoms. The Morgan fingerprint density at radius 1 is 1.26 bits per heavy atom. The van der Waals surface area contributed by atoms with Crippen LogP contribution in [-0.4, -0.2) is 16.1 Å². The Labute approximate surface area is 144 Å². The van der Waals surface area contributed by atoms with Crippen molar-refractivity contribution in [3.05, 3.63) is 57.6 Å². The number of nitrogens with one attached hydrogen (secondary N) is 1. The molecule has 1 amide bonds. The van der Waals surface area contributed by atoms with Crippen LogP contribution in [0.2, 0.25) is 5.02 Å². The maximum Gasteiger partial charge on any atom is 0.252 e. The second-order valence-electron chi connectivity index (χ2n) is 5.51. The molecule has 0 spiro atoms. The average Bonchev–Trinajstić information content (AvgIpc) is 2.52. The molecule has 2 aromatic rings. The summed E-state index contributed by atoms with van der Waals surface area (Å²) >= 11 is 7.65. The van der Waals surface area contributed by atoms with Gasteiger partial charge in [-0.1, -0.05) is 41.1 Å². The van der Waals surface area contributed by atoms with E-state index in [-0.39, 0.29) is 5.91 Å². The number of hydrogen-bond acceptors (Lipinski definition) is 4. The van der Waals surface area contributed by atoms with Crippen molar-refractivity contribution in [2.75, 3.05) is 5.32 Å². The Kier molecular flexibility index (Phi) is 4.68. The second kappa shape index (κ2) is 6.72. The lowest BCUT2D eigenvalue weighted by Gasteiger charge is -2.16. The molecule has 0 saturated carbocycles. The Morgan fingerprint density at radius 3 is 2.87 bits per heavy atom. The molecule has 0 aliphatic carbocycles. The number of amides is 1. The normalized spacial score (nSPS) is 17.4. The monoisotopic (exact) mass is 345 g/mol. The lowest BCUT2D eigenvalue weighted by atomic mass is 10.0. The fourth-order valence-corrected chi connectivity index (χ4v) is 3.44. The van der Waals surface area contributed by atoms with E-state index in [0.717, 1.165) is 38.1 Å². The van der Waals surface area contributed by atoms with Crippen LogP contribution in [0, 0.1) is 0 Å². The summed E-state index contributed by atoms with van der Waals surface area (Å²) in [4.78, 5) is 12.0. The van der Waals surface area contributed by atoms with Crippen LogP contribution < -0.4 is 5.32 Å². The van der Waals surface area contributed by atoms with Gasteiger partial charge < -0.3 is 5.32 Å². The van der Waals surface area contributed by atoms with Crippen molar-refractivity contribution in [3.63, 3.8) is 0 Å². The molecule has 1 aromatic heterocycles. The molecule has 6 heteroatoms. The van der Waals surface area contributed by atoms with E-state index < -0.39 is 0 Å². The lowest BCUT2D eigenvalue weighted by molar-refractivity contribution is -0.112. The molecular weight excluding hydrogens is 330 g/mol. The summed E-state index contributed by atoms with van der Waals surface area (Å²) < 4.78 is 0. The highest BCUT2D eigenvalue weighted by Crippen LogP contribution is 2.29. The van der Waals surface area contributed by atoms with Crippen LogP contribution >= 0.6 is 23.4 Å². The molecule has 0 unspecified atom stereocenters. The standard InChI is InChI=1S/C17H16ClN3OS/c1-10-6-13-8-15(19-16(22)11(10)2)20-21-17(13)23-9-12-4-3-5-14(18)7-12/h3-5,7-8H,6,9H2,1-2H3,(H,19,20,22)/b11-10-. The van der Waals surface area contributed by atoms with Crippen molar-refractivity contribution in [3.8, 4) is 0 Å². The van der Waals surface area contributed by atoms with E-state index in [1.54, 1.807) is 11.8 Å². The van der Waals surface area contributed by atoms with Gasteiger partial charge >= 0.3 is 0 Å². The van der Waals surface area contributed by atoms with Gasteiger partial charge in [-0.3, -0.25) is 4.79 Å². The lowest BCUT2D eigenvalue weighted by Crippen LogP contribution is -2.18. The molecule has 2 heterocycles. The topological polar surface area (TPSA) is 54.9 Å². The van der Waals surface area contributed by atoms with Gasteiger partial charge in [0.1, 0.15) is 5.03 Å². The predicted molar refractivity (Wildman–Crippen MR) is 93.8 cm³/mol. The minimum atomic E-state index is -0.109. The maximum atomic E-state index is 12.0. The zero-order valence-electron chi connectivity index (χ0n) is 12.9. The van der Waals surface area contributed by atoms with Gasteiger partial charge in [-0.05, 0) is 49.6 Å². The molecule has 1 aliphatic heterocycles. The van der Waals surface area contributed by atoms with E-state index in [9.17, 15) is 4.79 Å². The van der Waals surface area contributed by atoms with Gasteiger partial charge in [0.05, 0.1) is 0 Å². The minimum absolute atomic E-state index is 0.109. The Balaban J connectivity index is 1.84. The number of nitrogens with zero attached hydrogens (tertiary/aromatic N) is 2. The van der Waals surface area contributed by atoms with Crippen LogP contribution in [0.25, 0.3) is 0 Å². The summed E-state index contributed by atoms with van der Waals surface area (Å²) in [5.41, 5.74) is 4.01. The van der Waals surface area contributed by atoms with Crippen LogP contribution in [0.3, 0.4) is 0 Å². The van der Waals surface area contributed by atoms with Crippen LogP contribution in [0.1, 0.15) is 25.0 Å². The van der Waals surface area contributed by atoms with Gasteiger partial charge in [-0.2, -0.15) is 0 Å². The smallest absolute Gasteiger partial charge is 0.252 e. The van der Waals surface area contributed by atoms with E-state index in [1.807, 2.05) is 44.2 Å². The van der Waals surface area contributed by atoms with E-state index in [4.69, 9.17) is 11.6 Å². The highest BCUT2D eigenvalue weighted by molar-refractivity contribution is 7.98. The number of allylic oxidation sites excluding steroid dienone is 1. The van der Waals surface area contributed by atoms with Crippen molar-refractivity contribution in [1.29, 1.82) is 0 Å². The number of rotatable bonds is 3. The number of fused-ring (bicyclic) bond motifs is 2. The van der Waals surface area contributed by atoms with Gasteiger partial charge in [0.2, 0.25) is 0 Å². The number of benzene rings is 1. The summed E-state index contributed by atoms with van der Waals surface area (Å²) in [5, 5.41) is 12.8. The SMILES string of the molecule is C/C1=C(\C)C(=O)Nc2cc(c(SCc3cccc(Cl)c3)nn2)C1. The molecule has 1 aliphatic rings. The van der Waals surface area contributed by atoms with Gasteiger partial charge in [-0.15, -0.1) is 10.2 Å². The Bertz CT molecular complexity index is 804. The average molecular weight is 346 g/mol. The van der Waals surface area contributed by atoms with Gasteiger partial charge in [0.25, 0.3) is 5.91 Å². The van der Waals surface area contributed by atoms with E-state index >= 15 is 0 Å². The molecule has 118 valence electrons. The third-order valence-corrected chi connectivity index (χ3v) is 5.11. The number of anilines is 1. The van der Waals surface area contributed by atoms with E-state index in [1.165, 1.54) is 0 Å². The molecule has 3 rings (SSSR count). The quantitative estimate of drug-likeness (QED) is 0.845. The number of carbonyl (C=O) groups excluding carboxylic acids is 1.